The molecule has 1 radical (unpaired) electrons. The van der Waals surface area contributed by atoms with E-state index >= 15 is 0 Å². The van der Waals surface area contributed by atoms with E-state index in [4.69, 9.17) is 11.1 Å². The minimum absolute atomic E-state index is 0. The molecule has 2 rings (SSSR count). The molecule has 0 atom stereocenters. The largest absolute Gasteiger partial charge is 0.255 e. The summed E-state index contributed by atoms with van der Waals surface area (Å²) >= 11 is 0. The van der Waals surface area contributed by atoms with Crippen LogP contribution in [-0.4, -0.2) is 44.1 Å². The standard InChI is InChI=1S/2C4H7N3.C3H4.2CH4N3.Cu.HI/c1-4-3-7(2)6-5-4;1-4-3-5-6-7(4)2;1-3-2;2*1-3-4-2;;/h2*3H,1-2H3;1H,2H3;2*2H,1H3;;1H/q;;;2*+1;;. The van der Waals surface area contributed by atoms with Crippen molar-refractivity contribution in [2.75, 3.05) is 14.1 Å². The summed E-state index contributed by atoms with van der Waals surface area (Å²) in [5, 5.41) is 20.8. The Hall–Kier alpha value is -2.29. The van der Waals surface area contributed by atoms with Crippen molar-refractivity contribution < 1.29 is 17.1 Å². The number of halogens is 1. The first-order valence-corrected chi connectivity index (χ1v) is 6.77. The van der Waals surface area contributed by atoms with Crippen LogP contribution in [0.5, 0.6) is 0 Å². The summed E-state index contributed by atoms with van der Waals surface area (Å²) < 4.78 is 3.40. The molecular weight excluding hydrogens is 515 g/mol. The van der Waals surface area contributed by atoms with Gasteiger partial charge in [-0.05, 0) is 20.8 Å². The molecule has 2 N–H and O–H groups in total. The first-order chi connectivity index (χ1) is 11.8. The molecule has 0 unspecified atom stereocenters. The van der Waals surface area contributed by atoms with Crippen molar-refractivity contribution in [3.8, 4) is 12.3 Å². The van der Waals surface area contributed by atoms with Gasteiger partial charge in [-0.15, -0.1) is 46.5 Å². The van der Waals surface area contributed by atoms with E-state index in [0.717, 1.165) is 11.4 Å². The minimum atomic E-state index is 0. The molecule has 27 heavy (non-hydrogen) atoms. The summed E-state index contributed by atoms with van der Waals surface area (Å²) in [6.45, 7) is 5.52. The van der Waals surface area contributed by atoms with Crippen molar-refractivity contribution in [2.45, 2.75) is 20.8 Å². The fraction of sp³-hybridized carbons (Fsp3) is 0.538. The molecule has 2 heterocycles. The molecule has 14 heteroatoms. The second kappa shape index (κ2) is 28.5. The van der Waals surface area contributed by atoms with Crippen LogP contribution in [0.4, 0.5) is 0 Å². The molecule has 0 amide bonds. The normalized spacial score (nSPS) is 6.44. The van der Waals surface area contributed by atoms with E-state index in [1.807, 2.05) is 34.1 Å². The smallest absolute Gasteiger partial charge is 0.213 e. The molecule has 0 bridgehead atoms. The van der Waals surface area contributed by atoms with E-state index in [-0.39, 0.29) is 41.0 Å². The Kier molecular flexibility index (Phi) is 37.8. The maximum absolute atomic E-state index is 5.91. The summed E-state index contributed by atoms with van der Waals surface area (Å²) in [5.41, 5.74) is 13.9. The third-order valence-corrected chi connectivity index (χ3v) is 1.86. The molecule has 155 valence electrons. The third-order valence-electron chi connectivity index (χ3n) is 1.86. The average molecular weight is 542 g/mol. The van der Waals surface area contributed by atoms with Crippen LogP contribution in [0.25, 0.3) is 0 Å². The van der Waals surface area contributed by atoms with Gasteiger partial charge >= 0.3 is 0 Å². The number of terminal acetylenes is 1. The van der Waals surface area contributed by atoms with Crippen molar-refractivity contribution in [3.63, 3.8) is 0 Å². The number of hydrogen-bond acceptors (Lipinski definition) is 8. The summed E-state index contributed by atoms with van der Waals surface area (Å²) in [6, 6.07) is 0. The van der Waals surface area contributed by atoms with Gasteiger partial charge in [0.25, 0.3) is 0 Å². The van der Waals surface area contributed by atoms with Crippen molar-refractivity contribution >= 4 is 24.0 Å². The Morgan fingerprint density at radius 2 is 1.52 bits per heavy atom. The summed E-state index contributed by atoms with van der Waals surface area (Å²) in [5.74, 6) is 2.25. The van der Waals surface area contributed by atoms with Crippen LogP contribution in [0.2, 0.25) is 0 Å². The van der Waals surface area contributed by atoms with Crippen LogP contribution in [0, 0.1) is 37.3 Å². The van der Waals surface area contributed by atoms with Gasteiger partial charge in [-0.1, -0.05) is 10.4 Å². The quantitative estimate of drug-likeness (QED) is 0.171. The van der Waals surface area contributed by atoms with Gasteiger partial charge in [-0.2, -0.15) is 0 Å². The number of rotatable bonds is 0. The SMILES string of the molecule is C#CC.CN=[N+]=N.CN=[N+]=N.Cc1cn(C)nn1.Cc1cnnn1C.I.[Cu]. The number of aryl methyl sites for hydroxylation is 4. The average Bonchev–Trinajstić information content (AvgIpc) is 3.16. The fourth-order valence-electron chi connectivity index (χ4n) is 0.804. The Balaban J connectivity index is -0.0000000766. The maximum Gasteiger partial charge on any atom is 0.213 e. The number of nitrogens with one attached hydrogen (secondary N) is 2. The molecule has 0 aliphatic heterocycles. The van der Waals surface area contributed by atoms with E-state index in [1.54, 1.807) is 22.5 Å². The Morgan fingerprint density at radius 1 is 1.11 bits per heavy atom. The Morgan fingerprint density at radius 3 is 1.59 bits per heavy atom. The van der Waals surface area contributed by atoms with Crippen LogP contribution >= 0.6 is 24.0 Å². The van der Waals surface area contributed by atoms with Crippen LogP contribution in [0.15, 0.2) is 22.6 Å². The van der Waals surface area contributed by atoms with Crippen LogP contribution < -0.4 is 9.82 Å². The van der Waals surface area contributed by atoms with E-state index in [0.29, 0.717) is 0 Å². The Labute approximate surface area is 186 Å². The molecule has 0 saturated carbocycles. The number of nitrogens with zero attached hydrogens (tertiary/aromatic N) is 10. The van der Waals surface area contributed by atoms with Crippen molar-refractivity contribution in [1.29, 1.82) is 11.1 Å². The van der Waals surface area contributed by atoms with Crippen molar-refractivity contribution in [1.82, 2.24) is 39.8 Å². The zero-order valence-corrected chi connectivity index (χ0v) is 19.7. The summed E-state index contributed by atoms with van der Waals surface area (Å²) in [4.78, 5) is 5.22. The molecule has 0 spiro atoms. The van der Waals surface area contributed by atoms with Gasteiger partial charge in [0.1, 0.15) is 35.4 Å². The van der Waals surface area contributed by atoms with E-state index in [9.17, 15) is 0 Å². The molecular formula is C13H27CuIN12+2. The van der Waals surface area contributed by atoms with Crippen molar-refractivity contribution in [3.05, 3.63) is 23.8 Å². The van der Waals surface area contributed by atoms with E-state index < -0.39 is 0 Å². The second-order valence-corrected chi connectivity index (χ2v) is 3.92. The van der Waals surface area contributed by atoms with Crippen LogP contribution in [0.1, 0.15) is 18.3 Å². The van der Waals surface area contributed by atoms with Crippen LogP contribution in [-0.2, 0) is 31.2 Å². The van der Waals surface area contributed by atoms with Gasteiger partial charge in [-0.25, -0.2) is 0 Å². The predicted octanol–water partition coefficient (Wildman–Crippen LogP) is 1.84. The van der Waals surface area contributed by atoms with Crippen molar-refractivity contribution in [2.24, 2.45) is 24.3 Å². The third kappa shape index (κ3) is 31.9. The van der Waals surface area contributed by atoms with Gasteiger partial charge in [0.15, 0.2) is 0 Å². The molecule has 2 aromatic heterocycles. The zero-order chi connectivity index (χ0) is 20.1. The Bertz CT molecular complexity index is 643. The molecule has 0 aliphatic rings. The van der Waals surface area contributed by atoms with Gasteiger partial charge in [0, 0.05) is 37.4 Å². The van der Waals surface area contributed by atoms with E-state index in [1.165, 1.54) is 14.1 Å². The molecule has 0 saturated heterocycles. The minimum Gasteiger partial charge on any atom is -0.255 e. The monoisotopic (exact) mass is 541 g/mol. The molecule has 0 fully saturated rings. The zero-order valence-electron chi connectivity index (χ0n) is 16.4. The predicted molar refractivity (Wildman–Crippen MR) is 108 cm³/mol. The topological polar surface area (TPSA) is 162 Å². The van der Waals surface area contributed by atoms with Gasteiger partial charge in [0.2, 0.25) is 9.82 Å². The maximum atomic E-state index is 5.91. The second-order valence-electron chi connectivity index (χ2n) is 3.92. The van der Waals surface area contributed by atoms with Crippen LogP contribution in [0.3, 0.4) is 0 Å². The fourth-order valence-corrected chi connectivity index (χ4v) is 0.804. The molecule has 0 aliphatic carbocycles. The first-order valence-electron chi connectivity index (χ1n) is 6.77. The van der Waals surface area contributed by atoms with E-state index in [2.05, 4.69) is 53.0 Å². The van der Waals surface area contributed by atoms with Gasteiger partial charge in [-0.3, -0.25) is 9.36 Å². The van der Waals surface area contributed by atoms with Gasteiger partial charge in [0.05, 0.1) is 17.6 Å². The van der Waals surface area contributed by atoms with Gasteiger partial charge < -0.3 is 0 Å². The number of hydrogen-bond donors (Lipinski definition) is 2. The molecule has 2 aromatic rings. The summed E-state index contributed by atoms with van der Waals surface area (Å²) in [7, 11) is 6.61. The molecule has 0 aromatic carbocycles. The first kappa shape index (κ1) is 35.8. The number of aromatic nitrogens is 6. The summed E-state index contributed by atoms with van der Waals surface area (Å²) in [6.07, 6.45) is 8.18. The molecule has 12 nitrogen and oxygen atoms in total.